The molecule has 2 atom stereocenters. The topological polar surface area (TPSA) is 26.0 Å². The Morgan fingerprint density at radius 3 is 2.19 bits per heavy atom. The molecule has 1 aromatic rings. The lowest BCUT2D eigenvalue weighted by molar-refractivity contribution is 0.512. The summed E-state index contributed by atoms with van der Waals surface area (Å²) in [7, 11) is 0. The monoisotopic (exact) mass is 217 g/mol. The third-order valence-electron chi connectivity index (χ3n) is 4.01. The fraction of sp³-hybridized carbons (Fsp3) is 0.600. The molecule has 0 saturated carbocycles. The van der Waals surface area contributed by atoms with Gasteiger partial charge in [0.1, 0.15) is 0 Å². The van der Waals surface area contributed by atoms with Gasteiger partial charge in [0.15, 0.2) is 0 Å². The van der Waals surface area contributed by atoms with Crippen LogP contribution in [0, 0.1) is 0 Å². The molecule has 0 amide bonds. The first-order valence-electron chi connectivity index (χ1n) is 6.58. The normalized spacial score (nSPS) is 24.2. The summed E-state index contributed by atoms with van der Waals surface area (Å²) in [5.74, 6) is 0.686. The van der Waals surface area contributed by atoms with Crippen LogP contribution in [0.1, 0.15) is 67.8 Å². The number of hydrogen-bond acceptors (Lipinski definition) is 1. The van der Waals surface area contributed by atoms with Crippen LogP contribution in [-0.2, 0) is 12.8 Å². The Labute approximate surface area is 99.0 Å². The first-order valence-corrected chi connectivity index (χ1v) is 6.58. The van der Waals surface area contributed by atoms with E-state index in [2.05, 4.69) is 32.9 Å². The Kier molecular flexibility index (Phi) is 3.34. The molecule has 1 aliphatic carbocycles. The first kappa shape index (κ1) is 11.7. The van der Waals surface area contributed by atoms with E-state index in [1.807, 2.05) is 0 Å². The number of aryl methyl sites for hydroxylation is 2. The van der Waals surface area contributed by atoms with Crippen molar-refractivity contribution in [2.24, 2.45) is 5.73 Å². The highest BCUT2D eigenvalue weighted by Crippen LogP contribution is 2.37. The van der Waals surface area contributed by atoms with E-state index in [9.17, 15) is 0 Å². The molecule has 1 aromatic carbocycles. The number of hydrogen-bond donors (Lipinski definition) is 1. The Hall–Kier alpha value is -0.820. The zero-order valence-electron chi connectivity index (χ0n) is 10.7. The Balaban J connectivity index is 2.53. The molecule has 0 bridgehead atoms. The van der Waals surface area contributed by atoms with Gasteiger partial charge in [-0.25, -0.2) is 0 Å². The summed E-state index contributed by atoms with van der Waals surface area (Å²) in [5, 5.41) is 0. The maximum absolute atomic E-state index is 6.22. The van der Waals surface area contributed by atoms with Gasteiger partial charge in [-0.1, -0.05) is 32.9 Å². The molecule has 1 nitrogen and oxygen atoms in total. The lowest BCUT2D eigenvalue weighted by atomic mass is 9.79. The van der Waals surface area contributed by atoms with E-state index in [-0.39, 0.29) is 6.04 Å². The minimum atomic E-state index is 0.266. The average Bonchev–Trinajstić information content (AvgIpc) is 2.32. The molecule has 2 rings (SSSR count). The highest BCUT2D eigenvalue weighted by Gasteiger charge is 2.23. The molecule has 1 heteroatoms. The molecule has 0 fully saturated rings. The molecule has 0 aliphatic heterocycles. The van der Waals surface area contributed by atoms with Gasteiger partial charge in [-0.3, -0.25) is 0 Å². The highest BCUT2D eigenvalue weighted by molar-refractivity contribution is 5.43. The second-order valence-corrected chi connectivity index (χ2v) is 5.04. The fourth-order valence-corrected chi connectivity index (χ4v) is 2.87. The quantitative estimate of drug-likeness (QED) is 0.803. The van der Waals surface area contributed by atoms with Crippen molar-refractivity contribution in [1.29, 1.82) is 0 Å². The van der Waals surface area contributed by atoms with Gasteiger partial charge in [0, 0.05) is 6.04 Å². The summed E-state index contributed by atoms with van der Waals surface area (Å²) in [6.45, 7) is 6.81. The predicted molar refractivity (Wildman–Crippen MR) is 69.8 cm³/mol. The zero-order chi connectivity index (χ0) is 11.7. The number of rotatable bonds is 2. The largest absolute Gasteiger partial charge is 0.324 e. The van der Waals surface area contributed by atoms with Gasteiger partial charge in [0.05, 0.1) is 0 Å². The van der Waals surface area contributed by atoms with Crippen LogP contribution in [0.3, 0.4) is 0 Å². The number of benzene rings is 1. The van der Waals surface area contributed by atoms with E-state index < -0.39 is 0 Å². The molecule has 1 aliphatic rings. The standard InChI is InChI=1S/C15H23N/c1-4-11-8-13-10(3)6-7-15(16)14(13)9-12(11)5-2/h8-10,15H,4-7,16H2,1-3H3/t10?,15-/m1/s1. The summed E-state index contributed by atoms with van der Waals surface area (Å²) in [5.41, 5.74) is 12.1. The van der Waals surface area contributed by atoms with Crippen LogP contribution in [0.15, 0.2) is 12.1 Å². The molecule has 16 heavy (non-hydrogen) atoms. The molecule has 0 radical (unpaired) electrons. The lowest BCUT2D eigenvalue weighted by Crippen LogP contribution is -2.20. The zero-order valence-corrected chi connectivity index (χ0v) is 10.7. The van der Waals surface area contributed by atoms with Gasteiger partial charge in [0.25, 0.3) is 0 Å². The van der Waals surface area contributed by atoms with Crippen molar-refractivity contribution in [1.82, 2.24) is 0 Å². The van der Waals surface area contributed by atoms with E-state index in [4.69, 9.17) is 5.73 Å². The van der Waals surface area contributed by atoms with E-state index in [1.165, 1.54) is 28.7 Å². The maximum atomic E-state index is 6.22. The van der Waals surface area contributed by atoms with Crippen LogP contribution in [0.2, 0.25) is 0 Å². The first-order chi connectivity index (χ1) is 7.67. The Morgan fingerprint density at radius 1 is 1.06 bits per heavy atom. The Bertz CT molecular complexity index is 344. The van der Waals surface area contributed by atoms with Crippen LogP contribution >= 0.6 is 0 Å². The second kappa shape index (κ2) is 4.58. The van der Waals surface area contributed by atoms with Crippen molar-refractivity contribution in [2.45, 2.75) is 58.4 Å². The van der Waals surface area contributed by atoms with Crippen molar-refractivity contribution in [2.75, 3.05) is 0 Å². The van der Waals surface area contributed by atoms with E-state index in [0.717, 1.165) is 19.3 Å². The van der Waals surface area contributed by atoms with Crippen LogP contribution in [0.4, 0.5) is 0 Å². The van der Waals surface area contributed by atoms with E-state index in [0.29, 0.717) is 5.92 Å². The Morgan fingerprint density at radius 2 is 1.62 bits per heavy atom. The molecular formula is C15H23N. The number of nitrogens with two attached hydrogens (primary N) is 1. The molecule has 0 spiro atoms. The molecule has 2 N–H and O–H groups in total. The van der Waals surface area contributed by atoms with Crippen LogP contribution < -0.4 is 5.73 Å². The fourth-order valence-electron chi connectivity index (χ4n) is 2.87. The van der Waals surface area contributed by atoms with Gasteiger partial charge in [-0.05, 0) is 53.9 Å². The van der Waals surface area contributed by atoms with E-state index in [1.54, 1.807) is 0 Å². The molecule has 0 heterocycles. The summed E-state index contributed by atoms with van der Waals surface area (Å²) < 4.78 is 0. The smallest absolute Gasteiger partial charge is 0.0297 e. The second-order valence-electron chi connectivity index (χ2n) is 5.04. The molecular weight excluding hydrogens is 194 g/mol. The molecule has 0 saturated heterocycles. The minimum absolute atomic E-state index is 0.266. The molecule has 88 valence electrons. The SMILES string of the molecule is CCc1cc2c(cc1CC)[C@H](N)CCC2C. The third-order valence-corrected chi connectivity index (χ3v) is 4.01. The summed E-state index contributed by atoms with van der Waals surface area (Å²) in [6, 6.07) is 5.05. The van der Waals surface area contributed by atoms with Gasteiger partial charge in [-0.2, -0.15) is 0 Å². The molecule has 1 unspecified atom stereocenters. The predicted octanol–water partition coefficient (Wildman–Crippen LogP) is 3.71. The van der Waals surface area contributed by atoms with Gasteiger partial charge in [0.2, 0.25) is 0 Å². The molecule has 0 aromatic heterocycles. The minimum Gasteiger partial charge on any atom is -0.324 e. The summed E-state index contributed by atoms with van der Waals surface area (Å²) in [6.07, 6.45) is 4.64. The maximum Gasteiger partial charge on any atom is 0.0297 e. The van der Waals surface area contributed by atoms with Gasteiger partial charge < -0.3 is 5.73 Å². The lowest BCUT2D eigenvalue weighted by Gasteiger charge is -2.29. The van der Waals surface area contributed by atoms with Crippen molar-refractivity contribution < 1.29 is 0 Å². The van der Waals surface area contributed by atoms with Gasteiger partial charge in [-0.15, -0.1) is 0 Å². The number of fused-ring (bicyclic) bond motifs is 1. The van der Waals surface area contributed by atoms with Crippen molar-refractivity contribution in [3.8, 4) is 0 Å². The summed E-state index contributed by atoms with van der Waals surface area (Å²) in [4.78, 5) is 0. The third kappa shape index (κ3) is 1.89. The van der Waals surface area contributed by atoms with Crippen LogP contribution in [0.5, 0.6) is 0 Å². The average molecular weight is 217 g/mol. The van der Waals surface area contributed by atoms with Crippen LogP contribution in [0.25, 0.3) is 0 Å². The van der Waals surface area contributed by atoms with Crippen LogP contribution in [-0.4, -0.2) is 0 Å². The summed E-state index contributed by atoms with van der Waals surface area (Å²) >= 11 is 0. The van der Waals surface area contributed by atoms with Crippen molar-refractivity contribution in [3.63, 3.8) is 0 Å². The van der Waals surface area contributed by atoms with Crippen molar-refractivity contribution >= 4 is 0 Å². The van der Waals surface area contributed by atoms with Gasteiger partial charge >= 0.3 is 0 Å². The highest BCUT2D eigenvalue weighted by atomic mass is 14.6. The van der Waals surface area contributed by atoms with E-state index >= 15 is 0 Å². The van der Waals surface area contributed by atoms with Crippen molar-refractivity contribution in [3.05, 3.63) is 34.4 Å².